The summed E-state index contributed by atoms with van der Waals surface area (Å²) >= 11 is 0. The zero-order valence-corrected chi connectivity index (χ0v) is 8.75. The van der Waals surface area contributed by atoms with Crippen molar-refractivity contribution in [1.29, 1.82) is 0 Å². The molecule has 0 saturated carbocycles. The van der Waals surface area contributed by atoms with E-state index in [0.29, 0.717) is 0 Å². The van der Waals surface area contributed by atoms with Gasteiger partial charge in [-0.2, -0.15) is 0 Å². The smallest absolute Gasteiger partial charge is 0.234 e. The van der Waals surface area contributed by atoms with Crippen LogP contribution in [0, 0.1) is 0 Å². The van der Waals surface area contributed by atoms with Crippen LogP contribution in [0.25, 0.3) is 0 Å². The average Bonchev–Trinajstić information content (AvgIpc) is 2.19. The molecule has 1 aliphatic rings. The highest BCUT2D eigenvalue weighted by atomic mass is 16.1. The first-order valence-corrected chi connectivity index (χ1v) is 5.16. The van der Waals surface area contributed by atoms with Crippen molar-refractivity contribution in [2.75, 3.05) is 39.3 Å². The zero-order valence-electron chi connectivity index (χ0n) is 8.75. The molecule has 1 amide bonds. The second-order valence-corrected chi connectivity index (χ2v) is 3.67. The van der Waals surface area contributed by atoms with Crippen LogP contribution < -0.4 is 16.4 Å². The summed E-state index contributed by atoms with van der Waals surface area (Å²) in [6, 6.07) is -0.224. The second kappa shape index (κ2) is 5.95. The van der Waals surface area contributed by atoms with E-state index in [0.717, 1.165) is 39.3 Å². The molecule has 1 fully saturated rings. The van der Waals surface area contributed by atoms with Gasteiger partial charge in [0.25, 0.3) is 0 Å². The summed E-state index contributed by atoms with van der Waals surface area (Å²) < 4.78 is 0. The lowest BCUT2D eigenvalue weighted by Gasteiger charge is -2.27. The fourth-order valence-corrected chi connectivity index (χ4v) is 1.47. The Bertz CT molecular complexity index is 180. The Balaban J connectivity index is 2.05. The molecule has 0 aliphatic carbocycles. The van der Waals surface area contributed by atoms with Crippen LogP contribution in [0.3, 0.4) is 0 Å². The highest BCUT2D eigenvalue weighted by Gasteiger charge is 2.10. The van der Waals surface area contributed by atoms with Gasteiger partial charge in [0.15, 0.2) is 0 Å². The summed E-state index contributed by atoms with van der Waals surface area (Å²) in [5.41, 5.74) is 5.13. The van der Waals surface area contributed by atoms with Gasteiger partial charge < -0.3 is 16.4 Å². The molecule has 0 radical (unpaired) electrons. The molecule has 0 aromatic heterocycles. The monoisotopic (exact) mass is 200 g/mol. The fourth-order valence-electron chi connectivity index (χ4n) is 1.47. The van der Waals surface area contributed by atoms with Crippen LogP contribution in [0.2, 0.25) is 0 Å². The van der Waals surface area contributed by atoms with E-state index in [1.165, 1.54) is 0 Å². The van der Waals surface area contributed by atoms with Crippen molar-refractivity contribution in [2.24, 2.45) is 5.73 Å². The van der Waals surface area contributed by atoms with Crippen molar-refractivity contribution in [3.05, 3.63) is 0 Å². The molecule has 0 aromatic rings. The van der Waals surface area contributed by atoms with E-state index in [2.05, 4.69) is 15.5 Å². The van der Waals surface area contributed by atoms with Gasteiger partial charge in [-0.25, -0.2) is 0 Å². The standard InChI is InChI=1S/C9H20N4O/c1-8(9(10)14)12-4-7-13-5-2-11-3-6-13/h8,11-12H,2-7H2,1H3,(H2,10,14)/t8-/m1/s1. The first kappa shape index (κ1) is 11.4. The van der Waals surface area contributed by atoms with Gasteiger partial charge in [0.1, 0.15) is 0 Å². The van der Waals surface area contributed by atoms with Crippen molar-refractivity contribution in [2.45, 2.75) is 13.0 Å². The van der Waals surface area contributed by atoms with E-state index >= 15 is 0 Å². The molecule has 1 heterocycles. The average molecular weight is 200 g/mol. The number of hydrogen-bond donors (Lipinski definition) is 3. The zero-order chi connectivity index (χ0) is 10.4. The third-order valence-electron chi connectivity index (χ3n) is 2.51. The first-order chi connectivity index (χ1) is 6.70. The molecule has 5 nitrogen and oxygen atoms in total. The predicted octanol–water partition coefficient (Wildman–Crippen LogP) is -1.64. The van der Waals surface area contributed by atoms with Gasteiger partial charge in [0, 0.05) is 39.3 Å². The minimum absolute atomic E-state index is 0.224. The normalized spacial score (nSPS) is 20.6. The minimum atomic E-state index is -0.287. The van der Waals surface area contributed by atoms with E-state index in [9.17, 15) is 4.79 Å². The maximum atomic E-state index is 10.7. The van der Waals surface area contributed by atoms with E-state index in [1.807, 2.05) is 0 Å². The summed E-state index contributed by atoms with van der Waals surface area (Å²) in [5.74, 6) is -0.287. The van der Waals surface area contributed by atoms with Gasteiger partial charge in [-0.15, -0.1) is 0 Å². The largest absolute Gasteiger partial charge is 0.368 e. The number of primary amides is 1. The molecule has 5 heteroatoms. The Hall–Kier alpha value is -0.650. The number of nitrogens with zero attached hydrogens (tertiary/aromatic N) is 1. The van der Waals surface area contributed by atoms with Gasteiger partial charge >= 0.3 is 0 Å². The number of nitrogens with one attached hydrogen (secondary N) is 2. The van der Waals surface area contributed by atoms with Gasteiger partial charge in [-0.1, -0.05) is 0 Å². The van der Waals surface area contributed by atoms with Crippen LogP contribution in [0.1, 0.15) is 6.92 Å². The molecule has 0 unspecified atom stereocenters. The lowest BCUT2D eigenvalue weighted by molar-refractivity contribution is -0.119. The lowest BCUT2D eigenvalue weighted by Crippen LogP contribution is -2.47. The number of amides is 1. The van der Waals surface area contributed by atoms with Crippen LogP contribution in [-0.2, 0) is 4.79 Å². The lowest BCUT2D eigenvalue weighted by atomic mass is 10.3. The van der Waals surface area contributed by atoms with Gasteiger partial charge in [-0.05, 0) is 6.92 Å². The summed E-state index contributed by atoms with van der Waals surface area (Å²) in [6.45, 7) is 7.90. The molecule has 0 spiro atoms. The molecule has 1 saturated heterocycles. The topological polar surface area (TPSA) is 70.4 Å². The number of carbonyl (C=O) groups excluding carboxylic acids is 1. The highest BCUT2D eigenvalue weighted by Crippen LogP contribution is 1.90. The Morgan fingerprint density at radius 2 is 2.21 bits per heavy atom. The van der Waals surface area contributed by atoms with Crippen LogP contribution in [0.15, 0.2) is 0 Å². The molecular weight excluding hydrogens is 180 g/mol. The number of nitrogens with two attached hydrogens (primary N) is 1. The van der Waals surface area contributed by atoms with Crippen LogP contribution in [0.5, 0.6) is 0 Å². The van der Waals surface area contributed by atoms with E-state index in [4.69, 9.17) is 5.73 Å². The Morgan fingerprint density at radius 3 is 2.79 bits per heavy atom. The van der Waals surface area contributed by atoms with E-state index in [1.54, 1.807) is 6.92 Å². The fraction of sp³-hybridized carbons (Fsp3) is 0.889. The number of hydrogen-bond acceptors (Lipinski definition) is 4. The number of rotatable bonds is 5. The third kappa shape index (κ3) is 4.04. The summed E-state index contributed by atoms with van der Waals surface area (Å²) in [5, 5.41) is 6.39. The molecule has 14 heavy (non-hydrogen) atoms. The van der Waals surface area contributed by atoms with Gasteiger partial charge in [0.05, 0.1) is 6.04 Å². The second-order valence-electron chi connectivity index (χ2n) is 3.67. The van der Waals surface area contributed by atoms with Crippen molar-refractivity contribution >= 4 is 5.91 Å². The summed E-state index contributed by atoms with van der Waals surface area (Å²) in [7, 11) is 0. The van der Waals surface area contributed by atoms with Crippen LogP contribution >= 0.6 is 0 Å². The predicted molar refractivity (Wildman–Crippen MR) is 56.0 cm³/mol. The Kier molecular flexibility index (Phi) is 4.86. The molecular formula is C9H20N4O. The molecule has 0 aromatic carbocycles. The van der Waals surface area contributed by atoms with E-state index < -0.39 is 0 Å². The third-order valence-corrected chi connectivity index (χ3v) is 2.51. The molecule has 4 N–H and O–H groups in total. The summed E-state index contributed by atoms with van der Waals surface area (Å²) in [4.78, 5) is 13.1. The van der Waals surface area contributed by atoms with Gasteiger partial charge in [-0.3, -0.25) is 9.69 Å². The summed E-state index contributed by atoms with van der Waals surface area (Å²) in [6.07, 6.45) is 0. The quantitative estimate of drug-likeness (QED) is 0.497. The molecule has 1 rings (SSSR count). The number of piperazine rings is 1. The first-order valence-electron chi connectivity index (χ1n) is 5.16. The molecule has 0 bridgehead atoms. The minimum Gasteiger partial charge on any atom is -0.368 e. The van der Waals surface area contributed by atoms with Crippen molar-refractivity contribution in [1.82, 2.24) is 15.5 Å². The SMILES string of the molecule is C[C@@H](NCCN1CCNCC1)C(N)=O. The Morgan fingerprint density at radius 1 is 1.57 bits per heavy atom. The number of carbonyl (C=O) groups is 1. The maximum absolute atomic E-state index is 10.7. The highest BCUT2D eigenvalue weighted by molar-refractivity contribution is 5.79. The van der Waals surface area contributed by atoms with E-state index in [-0.39, 0.29) is 11.9 Å². The molecule has 1 aliphatic heterocycles. The van der Waals surface area contributed by atoms with Crippen LogP contribution in [0.4, 0.5) is 0 Å². The van der Waals surface area contributed by atoms with Crippen LogP contribution in [-0.4, -0.2) is 56.1 Å². The van der Waals surface area contributed by atoms with Crippen molar-refractivity contribution in [3.63, 3.8) is 0 Å². The Labute approximate surface area is 85.0 Å². The van der Waals surface area contributed by atoms with Crippen molar-refractivity contribution in [3.8, 4) is 0 Å². The van der Waals surface area contributed by atoms with Gasteiger partial charge in [0.2, 0.25) is 5.91 Å². The maximum Gasteiger partial charge on any atom is 0.234 e. The van der Waals surface area contributed by atoms with Crippen molar-refractivity contribution < 1.29 is 4.79 Å². The molecule has 1 atom stereocenters. The molecule has 82 valence electrons.